The van der Waals surface area contributed by atoms with E-state index >= 15 is 0 Å². The second kappa shape index (κ2) is 13.3. The van der Waals surface area contributed by atoms with Crippen molar-refractivity contribution in [3.8, 4) is 5.69 Å². The molecule has 2 aromatic carbocycles. The quantitative estimate of drug-likeness (QED) is 0.203. The number of rotatable bonds is 9. The van der Waals surface area contributed by atoms with Crippen LogP contribution >= 0.6 is 0 Å². The first-order valence-corrected chi connectivity index (χ1v) is 15.2. The molecule has 0 saturated carbocycles. The highest BCUT2D eigenvalue weighted by atomic mass is 16.2. The molecule has 3 N–H and O–H groups in total. The van der Waals surface area contributed by atoms with Crippen LogP contribution in [0.1, 0.15) is 68.3 Å². The summed E-state index contributed by atoms with van der Waals surface area (Å²) in [5, 5.41) is 14.2. The van der Waals surface area contributed by atoms with Gasteiger partial charge in [-0.15, -0.1) is 0 Å². The monoisotopic (exact) mass is 578 g/mol. The minimum Gasteiger partial charge on any atom is -0.317 e. The first-order chi connectivity index (χ1) is 20.7. The van der Waals surface area contributed by atoms with Crippen molar-refractivity contribution in [3.63, 3.8) is 0 Å². The third-order valence-corrected chi connectivity index (χ3v) is 8.09. The van der Waals surface area contributed by atoms with Crippen LogP contribution < -0.4 is 16.0 Å². The Morgan fingerprint density at radius 1 is 1.00 bits per heavy atom. The lowest BCUT2D eigenvalue weighted by atomic mass is 9.76. The summed E-state index contributed by atoms with van der Waals surface area (Å²) in [6, 6.07) is 21.3. The fourth-order valence-electron chi connectivity index (χ4n) is 5.68. The van der Waals surface area contributed by atoms with Crippen LogP contribution in [0, 0.1) is 12.8 Å². The molecule has 3 heterocycles. The minimum atomic E-state index is -0.368. The Morgan fingerprint density at radius 2 is 1.77 bits per heavy atom. The normalized spacial score (nSPS) is 14.7. The van der Waals surface area contributed by atoms with Crippen LogP contribution in [-0.4, -0.2) is 39.7 Å². The predicted octanol–water partition coefficient (Wildman–Crippen LogP) is 6.80. The first-order valence-electron chi connectivity index (χ1n) is 15.2. The smallest absolute Gasteiger partial charge is 0.317 e. The average molecular weight is 579 g/mol. The molecular weight excluding hydrogens is 536 g/mol. The van der Waals surface area contributed by atoms with E-state index in [0.717, 1.165) is 54.0 Å². The van der Waals surface area contributed by atoms with Crippen LogP contribution in [0.5, 0.6) is 0 Å². The Bertz CT molecular complexity index is 1530. The van der Waals surface area contributed by atoms with Gasteiger partial charge in [0.25, 0.3) is 0 Å². The van der Waals surface area contributed by atoms with Crippen molar-refractivity contribution in [2.75, 3.05) is 23.7 Å². The molecular formula is C35H42N6O2. The van der Waals surface area contributed by atoms with E-state index in [9.17, 15) is 9.59 Å². The number of urea groups is 1. The molecule has 0 spiro atoms. The number of benzene rings is 2. The first kappa shape index (κ1) is 30.2. The summed E-state index contributed by atoms with van der Waals surface area (Å²) in [7, 11) is 0. The summed E-state index contributed by atoms with van der Waals surface area (Å²) in [6.45, 7) is 10.1. The van der Waals surface area contributed by atoms with Crippen LogP contribution in [0.2, 0.25) is 0 Å². The molecule has 1 saturated heterocycles. The summed E-state index contributed by atoms with van der Waals surface area (Å²) < 4.78 is 1.77. The number of anilines is 2. The number of hydrogen-bond acceptors (Lipinski definition) is 5. The lowest BCUT2D eigenvalue weighted by Gasteiger charge is -2.30. The molecule has 0 radical (unpaired) electrons. The average Bonchev–Trinajstić information content (AvgIpc) is 3.42. The van der Waals surface area contributed by atoms with Crippen molar-refractivity contribution in [2.45, 2.75) is 64.7 Å². The molecule has 1 aliphatic rings. The fraction of sp³-hybridized carbons (Fsp3) is 0.371. The molecule has 2 amide bonds. The van der Waals surface area contributed by atoms with Gasteiger partial charge in [-0.25, -0.2) is 9.48 Å². The highest BCUT2D eigenvalue weighted by molar-refractivity contribution is 5.99. The molecule has 1 unspecified atom stereocenters. The van der Waals surface area contributed by atoms with Crippen LogP contribution in [0.3, 0.4) is 0 Å². The van der Waals surface area contributed by atoms with E-state index in [1.807, 2.05) is 79.9 Å². The molecule has 1 aliphatic heterocycles. The number of carbonyl (C=O) groups excluding carboxylic acids is 2. The van der Waals surface area contributed by atoms with Gasteiger partial charge in [0, 0.05) is 41.9 Å². The lowest BCUT2D eigenvalue weighted by molar-refractivity contribution is -0.121. The van der Waals surface area contributed by atoms with E-state index < -0.39 is 0 Å². The number of ketones is 1. The van der Waals surface area contributed by atoms with E-state index in [1.165, 1.54) is 0 Å². The number of carbonyl (C=O) groups is 2. The van der Waals surface area contributed by atoms with Gasteiger partial charge in [0.2, 0.25) is 0 Å². The largest absolute Gasteiger partial charge is 0.324 e. The summed E-state index contributed by atoms with van der Waals surface area (Å²) in [5.41, 5.74) is 5.36. The number of piperidine rings is 1. The van der Waals surface area contributed by atoms with Crippen LogP contribution in [0.15, 0.2) is 79.1 Å². The number of amides is 2. The summed E-state index contributed by atoms with van der Waals surface area (Å²) in [4.78, 5) is 31.2. The zero-order valence-electron chi connectivity index (χ0n) is 25.6. The van der Waals surface area contributed by atoms with E-state index in [-0.39, 0.29) is 29.1 Å². The van der Waals surface area contributed by atoms with Gasteiger partial charge < -0.3 is 10.6 Å². The molecule has 0 bridgehead atoms. The number of pyridine rings is 1. The number of Topliss-reactive ketones (excluding diaryl/α,β-unsaturated/α-hetero) is 1. The maximum atomic E-state index is 13.7. The summed E-state index contributed by atoms with van der Waals surface area (Å²) >= 11 is 0. The van der Waals surface area contributed by atoms with E-state index in [0.29, 0.717) is 24.3 Å². The molecule has 1 atom stereocenters. The molecule has 8 nitrogen and oxygen atoms in total. The Morgan fingerprint density at radius 3 is 2.47 bits per heavy atom. The number of aromatic nitrogens is 3. The Hall–Kier alpha value is -4.30. The zero-order chi connectivity index (χ0) is 30.4. The van der Waals surface area contributed by atoms with Crippen molar-refractivity contribution >= 4 is 23.3 Å². The van der Waals surface area contributed by atoms with E-state index in [1.54, 1.807) is 10.9 Å². The van der Waals surface area contributed by atoms with Gasteiger partial charge in [0.15, 0.2) is 0 Å². The highest BCUT2D eigenvalue weighted by Gasteiger charge is 2.31. The third kappa shape index (κ3) is 7.76. The van der Waals surface area contributed by atoms with Crippen LogP contribution in [0.4, 0.5) is 16.3 Å². The summed E-state index contributed by atoms with van der Waals surface area (Å²) in [5.74, 6) is 0.849. The van der Waals surface area contributed by atoms with Crippen molar-refractivity contribution in [3.05, 3.63) is 102 Å². The number of nitrogens with one attached hydrogen (secondary N) is 3. The fourth-order valence-corrected chi connectivity index (χ4v) is 5.68. The second-order valence-electron chi connectivity index (χ2n) is 12.5. The molecule has 2 aromatic heterocycles. The molecule has 0 aliphatic carbocycles. The van der Waals surface area contributed by atoms with Crippen molar-refractivity contribution in [1.29, 1.82) is 0 Å². The van der Waals surface area contributed by atoms with Gasteiger partial charge in [-0.3, -0.25) is 15.1 Å². The maximum absolute atomic E-state index is 13.7. The van der Waals surface area contributed by atoms with Gasteiger partial charge in [0.05, 0.1) is 11.4 Å². The Balaban J connectivity index is 1.35. The van der Waals surface area contributed by atoms with Gasteiger partial charge in [-0.2, -0.15) is 5.10 Å². The number of nitrogens with zero attached hydrogens (tertiary/aromatic N) is 3. The van der Waals surface area contributed by atoms with Crippen LogP contribution in [-0.2, 0) is 16.6 Å². The van der Waals surface area contributed by atoms with E-state index in [2.05, 4.69) is 41.7 Å². The molecule has 8 heteroatoms. The minimum absolute atomic E-state index is 0.190. The Kier molecular flexibility index (Phi) is 9.36. The standard InChI is InChI=1S/C35H42N6O2/c1-24-10-13-29(14-11-24)41-32(22-31(40-41)35(2,3)4)39-34(43)38-28-9-5-8-27(21-28)33(26-16-19-36-20-17-26)30(42)15-12-25-7-6-18-37-23-25/h5-11,13-14,18,21-23,26,33,36H,12,15-17,19-20H2,1-4H3,(H2,38,39,43). The van der Waals surface area contributed by atoms with Gasteiger partial charge >= 0.3 is 6.03 Å². The molecule has 4 aromatic rings. The SMILES string of the molecule is Cc1ccc(-n2nc(C(C)(C)C)cc2NC(=O)Nc2cccc(C(C(=O)CCc3cccnc3)C3CCNCC3)c2)cc1. The van der Waals surface area contributed by atoms with Crippen molar-refractivity contribution in [2.24, 2.45) is 5.92 Å². The topological polar surface area (TPSA) is 101 Å². The number of aryl methyl sites for hydroxylation is 2. The van der Waals surface area contributed by atoms with E-state index in [4.69, 9.17) is 5.10 Å². The third-order valence-electron chi connectivity index (χ3n) is 8.09. The van der Waals surface area contributed by atoms with Gasteiger partial charge in [0.1, 0.15) is 11.6 Å². The molecule has 1 fully saturated rings. The maximum Gasteiger partial charge on any atom is 0.324 e. The number of hydrogen-bond donors (Lipinski definition) is 3. The van der Waals surface area contributed by atoms with Crippen molar-refractivity contribution in [1.82, 2.24) is 20.1 Å². The van der Waals surface area contributed by atoms with Crippen LogP contribution in [0.25, 0.3) is 5.69 Å². The highest BCUT2D eigenvalue weighted by Crippen LogP contribution is 2.34. The van der Waals surface area contributed by atoms with Crippen molar-refractivity contribution < 1.29 is 9.59 Å². The molecule has 43 heavy (non-hydrogen) atoms. The lowest BCUT2D eigenvalue weighted by Crippen LogP contribution is -2.33. The zero-order valence-corrected chi connectivity index (χ0v) is 25.6. The summed E-state index contributed by atoms with van der Waals surface area (Å²) in [6.07, 6.45) is 6.58. The van der Waals surface area contributed by atoms with Gasteiger partial charge in [-0.1, -0.05) is 56.7 Å². The predicted molar refractivity (Wildman–Crippen MR) is 172 cm³/mol. The molecule has 224 valence electrons. The Labute approximate surface area is 254 Å². The molecule has 5 rings (SSSR count). The van der Waals surface area contributed by atoms with Gasteiger partial charge in [-0.05, 0) is 86.7 Å². The second-order valence-corrected chi connectivity index (χ2v) is 12.5.